The van der Waals surface area contributed by atoms with Gasteiger partial charge in [0.2, 0.25) is 0 Å². The van der Waals surface area contributed by atoms with Crippen LogP contribution in [-0.2, 0) is 12.8 Å². The topological polar surface area (TPSA) is 104 Å². The number of aliphatic hydroxyl groups is 1. The molecule has 1 atom stereocenters. The number of halogens is 4. The third-order valence-corrected chi connectivity index (χ3v) is 5.40. The van der Waals surface area contributed by atoms with Crippen LogP contribution in [0.3, 0.4) is 0 Å². The van der Waals surface area contributed by atoms with E-state index >= 15 is 0 Å². The van der Waals surface area contributed by atoms with Crippen LogP contribution in [0.15, 0.2) is 66.7 Å². The standard InChI is InChI=1S/C24H19ClF3N3O3/c25-16-7-1-13(2-8-16)12-34-19-10-9-17(18-11-20(31-30-18)24(26,27)28)22(32)21(19)14-3-5-15(6-4-14)23(29)33/h1-11,23,32-33H,12,29H2,(H,30,31). The van der Waals surface area contributed by atoms with E-state index in [2.05, 4.69) is 5.10 Å². The molecule has 0 aliphatic heterocycles. The molecule has 10 heteroatoms. The first-order valence-corrected chi connectivity index (χ1v) is 10.4. The third kappa shape index (κ3) is 5.01. The zero-order valence-electron chi connectivity index (χ0n) is 17.5. The lowest BCUT2D eigenvalue weighted by Gasteiger charge is -2.16. The number of benzene rings is 3. The summed E-state index contributed by atoms with van der Waals surface area (Å²) < 4.78 is 45.0. The second-order valence-corrected chi connectivity index (χ2v) is 7.92. The van der Waals surface area contributed by atoms with E-state index in [1.54, 1.807) is 54.6 Å². The number of hydrogen-bond donors (Lipinski definition) is 4. The Kier molecular flexibility index (Phi) is 6.52. The molecule has 1 heterocycles. The average molecular weight is 490 g/mol. The zero-order chi connectivity index (χ0) is 24.5. The Hall–Kier alpha value is -3.53. The minimum absolute atomic E-state index is 0.0793. The van der Waals surface area contributed by atoms with Gasteiger partial charge in [0.25, 0.3) is 0 Å². The second-order valence-electron chi connectivity index (χ2n) is 7.48. The minimum Gasteiger partial charge on any atom is -0.506 e. The normalized spacial score (nSPS) is 12.5. The summed E-state index contributed by atoms with van der Waals surface area (Å²) in [5, 5.41) is 26.9. The number of alkyl halides is 3. The molecule has 176 valence electrons. The Bertz CT molecular complexity index is 1290. The number of nitrogens with zero attached hydrogens (tertiary/aromatic N) is 1. The van der Waals surface area contributed by atoms with E-state index < -0.39 is 18.1 Å². The van der Waals surface area contributed by atoms with Crippen LogP contribution < -0.4 is 10.5 Å². The highest BCUT2D eigenvalue weighted by Gasteiger charge is 2.33. The molecular weight excluding hydrogens is 471 g/mol. The fourth-order valence-corrected chi connectivity index (χ4v) is 3.50. The third-order valence-electron chi connectivity index (χ3n) is 5.15. The van der Waals surface area contributed by atoms with Gasteiger partial charge in [0.05, 0.1) is 11.3 Å². The molecule has 0 fully saturated rings. The number of hydrogen-bond acceptors (Lipinski definition) is 5. The van der Waals surface area contributed by atoms with Gasteiger partial charge in [0, 0.05) is 10.6 Å². The van der Waals surface area contributed by atoms with Gasteiger partial charge < -0.3 is 20.7 Å². The number of nitrogens with two attached hydrogens (primary N) is 1. The molecule has 0 aliphatic rings. The van der Waals surface area contributed by atoms with Gasteiger partial charge in [-0.2, -0.15) is 18.3 Å². The Morgan fingerprint density at radius 1 is 1.03 bits per heavy atom. The smallest absolute Gasteiger partial charge is 0.432 e. The molecule has 3 aromatic carbocycles. The first-order valence-electron chi connectivity index (χ1n) is 10.0. The predicted octanol–water partition coefficient (Wildman–Crippen LogP) is 5.65. The van der Waals surface area contributed by atoms with Gasteiger partial charge in [-0.25, -0.2) is 0 Å². The van der Waals surface area contributed by atoms with Gasteiger partial charge in [-0.15, -0.1) is 0 Å². The molecule has 0 aliphatic carbocycles. The second kappa shape index (κ2) is 9.38. The van der Waals surface area contributed by atoms with Crippen molar-refractivity contribution in [3.8, 4) is 33.9 Å². The number of nitrogens with one attached hydrogen (secondary N) is 1. The van der Waals surface area contributed by atoms with Crippen molar-refractivity contribution < 1.29 is 28.1 Å². The lowest BCUT2D eigenvalue weighted by molar-refractivity contribution is -0.141. The summed E-state index contributed by atoms with van der Waals surface area (Å²) in [7, 11) is 0. The van der Waals surface area contributed by atoms with Gasteiger partial charge in [-0.05, 0) is 47.0 Å². The summed E-state index contributed by atoms with van der Waals surface area (Å²) in [6.07, 6.45) is -5.79. The van der Waals surface area contributed by atoms with Crippen LogP contribution >= 0.6 is 11.6 Å². The van der Waals surface area contributed by atoms with Crippen LogP contribution in [0.25, 0.3) is 22.4 Å². The Morgan fingerprint density at radius 3 is 2.29 bits per heavy atom. The van der Waals surface area contributed by atoms with Crippen LogP contribution in [0.5, 0.6) is 11.5 Å². The Balaban J connectivity index is 1.76. The molecule has 1 unspecified atom stereocenters. The van der Waals surface area contributed by atoms with Crippen LogP contribution in [0.4, 0.5) is 13.2 Å². The lowest BCUT2D eigenvalue weighted by Crippen LogP contribution is -2.07. The van der Waals surface area contributed by atoms with E-state index in [1.165, 1.54) is 6.07 Å². The number of phenols is 1. The summed E-state index contributed by atoms with van der Waals surface area (Å²) in [6, 6.07) is 17.2. The van der Waals surface area contributed by atoms with Crippen molar-refractivity contribution in [1.82, 2.24) is 10.2 Å². The maximum absolute atomic E-state index is 13.0. The van der Waals surface area contributed by atoms with Crippen molar-refractivity contribution in [2.45, 2.75) is 19.0 Å². The monoisotopic (exact) mass is 489 g/mol. The molecule has 0 radical (unpaired) electrons. The average Bonchev–Trinajstić information content (AvgIpc) is 3.29. The SMILES string of the molecule is NC(O)c1ccc(-c2c(OCc3ccc(Cl)cc3)ccc(-c3cc(C(F)(F)F)[nH]n3)c2O)cc1. The van der Waals surface area contributed by atoms with Gasteiger partial charge in [0.15, 0.2) is 0 Å². The fourth-order valence-electron chi connectivity index (χ4n) is 3.37. The number of rotatable bonds is 6. The van der Waals surface area contributed by atoms with Crippen molar-refractivity contribution >= 4 is 11.6 Å². The molecule has 6 nitrogen and oxygen atoms in total. The van der Waals surface area contributed by atoms with Crippen LogP contribution in [-0.4, -0.2) is 20.4 Å². The number of aromatic amines is 1. The molecule has 0 saturated carbocycles. The van der Waals surface area contributed by atoms with E-state index in [0.29, 0.717) is 21.9 Å². The quantitative estimate of drug-likeness (QED) is 0.262. The number of phenolic OH excluding ortho intramolecular Hbond substituents is 1. The zero-order valence-corrected chi connectivity index (χ0v) is 18.2. The van der Waals surface area contributed by atoms with Crippen molar-refractivity contribution in [2.75, 3.05) is 0 Å². The number of aromatic nitrogens is 2. The van der Waals surface area contributed by atoms with E-state index in [-0.39, 0.29) is 29.2 Å². The Morgan fingerprint density at radius 2 is 1.71 bits per heavy atom. The van der Waals surface area contributed by atoms with Crippen LogP contribution in [0.2, 0.25) is 5.02 Å². The summed E-state index contributed by atoms with van der Waals surface area (Å²) in [6.45, 7) is 0.156. The molecule has 0 amide bonds. The molecule has 34 heavy (non-hydrogen) atoms. The van der Waals surface area contributed by atoms with E-state index in [4.69, 9.17) is 22.1 Å². The van der Waals surface area contributed by atoms with E-state index in [9.17, 15) is 23.4 Å². The highest BCUT2D eigenvalue weighted by Crippen LogP contribution is 2.44. The summed E-state index contributed by atoms with van der Waals surface area (Å²) in [5.41, 5.74) is 6.49. The number of aromatic hydroxyl groups is 1. The minimum atomic E-state index is -4.61. The molecule has 1 aromatic heterocycles. The highest BCUT2D eigenvalue weighted by atomic mass is 35.5. The van der Waals surface area contributed by atoms with E-state index in [1.807, 2.05) is 5.10 Å². The molecule has 0 spiro atoms. The van der Waals surface area contributed by atoms with Gasteiger partial charge >= 0.3 is 6.18 Å². The molecule has 5 N–H and O–H groups in total. The van der Waals surface area contributed by atoms with Crippen LogP contribution in [0.1, 0.15) is 23.0 Å². The first-order chi connectivity index (χ1) is 16.1. The highest BCUT2D eigenvalue weighted by molar-refractivity contribution is 6.30. The van der Waals surface area contributed by atoms with Gasteiger partial charge in [-0.1, -0.05) is 48.0 Å². The summed E-state index contributed by atoms with van der Waals surface area (Å²) in [5.74, 6) is -0.0151. The molecule has 0 bridgehead atoms. The van der Waals surface area contributed by atoms with Crippen molar-refractivity contribution in [2.24, 2.45) is 5.73 Å². The van der Waals surface area contributed by atoms with E-state index in [0.717, 1.165) is 11.6 Å². The largest absolute Gasteiger partial charge is 0.506 e. The fraction of sp³-hybridized carbons (Fsp3) is 0.125. The molecule has 4 rings (SSSR count). The van der Waals surface area contributed by atoms with Crippen LogP contribution in [0, 0.1) is 0 Å². The maximum atomic E-state index is 13.0. The van der Waals surface area contributed by atoms with Crippen molar-refractivity contribution in [3.05, 3.63) is 88.6 Å². The van der Waals surface area contributed by atoms with Crippen molar-refractivity contribution in [3.63, 3.8) is 0 Å². The predicted molar refractivity (Wildman–Crippen MR) is 121 cm³/mol. The van der Waals surface area contributed by atoms with Gasteiger partial charge in [-0.3, -0.25) is 5.10 Å². The first kappa shape index (κ1) is 23.6. The molecule has 0 saturated heterocycles. The number of ether oxygens (including phenoxy) is 1. The van der Waals surface area contributed by atoms with Gasteiger partial charge in [0.1, 0.15) is 30.0 Å². The Labute approximate surface area is 197 Å². The lowest BCUT2D eigenvalue weighted by atomic mass is 9.97. The molecule has 4 aromatic rings. The maximum Gasteiger partial charge on any atom is 0.432 e. The summed E-state index contributed by atoms with van der Waals surface area (Å²) in [4.78, 5) is 0. The summed E-state index contributed by atoms with van der Waals surface area (Å²) >= 11 is 5.92. The number of aliphatic hydroxyl groups excluding tert-OH is 1. The molecular formula is C24H19ClF3N3O3. The number of H-pyrrole nitrogens is 1. The van der Waals surface area contributed by atoms with Crippen molar-refractivity contribution in [1.29, 1.82) is 0 Å².